The predicted molar refractivity (Wildman–Crippen MR) is 130 cm³/mol. The average molecular weight is 485 g/mol. The molecule has 0 aliphatic heterocycles. The Morgan fingerprint density at radius 2 is 1.50 bits per heavy atom. The molecule has 1 amide bonds. The van der Waals surface area contributed by atoms with E-state index in [4.69, 9.17) is 14.2 Å². The van der Waals surface area contributed by atoms with Crippen LogP contribution in [0.25, 0.3) is 0 Å². The maximum Gasteiger partial charge on any atom is 0.245 e. The summed E-state index contributed by atoms with van der Waals surface area (Å²) in [6.45, 7) is 1.78. The zero-order chi connectivity index (χ0) is 24.7. The van der Waals surface area contributed by atoms with Crippen molar-refractivity contribution >= 4 is 21.6 Å². The Balaban J connectivity index is 1.92. The Bertz CT molecular complexity index is 1250. The molecule has 2 N–H and O–H groups in total. The summed E-state index contributed by atoms with van der Waals surface area (Å²) in [5.41, 5.74) is 1.98. The Morgan fingerprint density at radius 3 is 2.15 bits per heavy atom. The second kappa shape index (κ2) is 11.0. The third-order valence-electron chi connectivity index (χ3n) is 5.16. The van der Waals surface area contributed by atoms with Crippen molar-refractivity contribution in [2.24, 2.45) is 0 Å². The summed E-state index contributed by atoms with van der Waals surface area (Å²) in [7, 11) is 0.317. The van der Waals surface area contributed by atoms with Crippen molar-refractivity contribution in [1.82, 2.24) is 4.72 Å². The highest BCUT2D eigenvalue weighted by atomic mass is 32.2. The minimum Gasteiger partial charge on any atom is -0.495 e. The Kier molecular flexibility index (Phi) is 8.14. The van der Waals surface area contributed by atoms with E-state index in [0.717, 1.165) is 11.1 Å². The minimum atomic E-state index is -4.09. The molecular weight excluding hydrogens is 456 g/mol. The number of carbonyl (C=O) groups excluding carboxylic acids is 1. The van der Waals surface area contributed by atoms with E-state index < -0.39 is 22.0 Å². The second-order valence-corrected chi connectivity index (χ2v) is 9.26. The number of methoxy groups -OCH3 is 3. The van der Waals surface area contributed by atoms with Gasteiger partial charge in [0.15, 0.2) is 11.5 Å². The molecule has 0 heterocycles. The highest BCUT2D eigenvalue weighted by Gasteiger charge is 2.28. The standard InChI is InChI=1S/C25H28N2O6S/c1-17-10-12-22(32-3)24(14-17)34(29,30)27-20(15-18-8-6-5-7-9-18)25(28)26-19-11-13-21(31-2)23(16-19)33-4/h5-14,16,20,27H,15H2,1-4H3,(H,26,28). The summed E-state index contributed by atoms with van der Waals surface area (Å²) in [6.07, 6.45) is 0.146. The molecule has 180 valence electrons. The van der Waals surface area contributed by atoms with E-state index in [9.17, 15) is 13.2 Å². The topological polar surface area (TPSA) is 103 Å². The van der Waals surface area contributed by atoms with Crippen LogP contribution in [-0.2, 0) is 21.2 Å². The summed E-state index contributed by atoms with van der Waals surface area (Å²) in [5.74, 6) is 0.613. The molecule has 0 bridgehead atoms. The van der Waals surface area contributed by atoms with Gasteiger partial charge < -0.3 is 19.5 Å². The molecule has 0 saturated heterocycles. The number of amides is 1. The van der Waals surface area contributed by atoms with E-state index in [1.807, 2.05) is 30.3 Å². The first kappa shape index (κ1) is 25.1. The van der Waals surface area contributed by atoms with Gasteiger partial charge in [-0.3, -0.25) is 4.79 Å². The zero-order valence-corrected chi connectivity index (χ0v) is 20.3. The van der Waals surface area contributed by atoms with Gasteiger partial charge in [-0.25, -0.2) is 8.42 Å². The fraction of sp³-hybridized carbons (Fsp3) is 0.240. The summed E-state index contributed by atoms with van der Waals surface area (Å²) in [4.78, 5) is 13.2. The molecule has 0 aromatic heterocycles. The molecule has 3 aromatic carbocycles. The van der Waals surface area contributed by atoms with Crippen LogP contribution >= 0.6 is 0 Å². The minimum absolute atomic E-state index is 0.0352. The molecule has 0 saturated carbocycles. The van der Waals surface area contributed by atoms with Crippen LogP contribution < -0.4 is 24.2 Å². The summed E-state index contributed by atoms with van der Waals surface area (Å²) in [6, 6.07) is 17.8. The molecule has 1 unspecified atom stereocenters. The van der Waals surface area contributed by atoms with Crippen LogP contribution in [0.3, 0.4) is 0 Å². The largest absolute Gasteiger partial charge is 0.495 e. The van der Waals surface area contributed by atoms with Crippen molar-refractivity contribution in [1.29, 1.82) is 0 Å². The van der Waals surface area contributed by atoms with Crippen LogP contribution in [0.4, 0.5) is 5.69 Å². The Morgan fingerprint density at radius 1 is 0.853 bits per heavy atom. The maximum atomic E-state index is 13.3. The first-order chi connectivity index (χ1) is 16.3. The van der Waals surface area contributed by atoms with Gasteiger partial charge in [0.05, 0.1) is 21.3 Å². The van der Waals surface area contributed by atoms with E-state index >= 15 is 0 Å². The molecule has 1 atom stereocenters. The van der Waals surface area contributed by atoms with Crippen molar-refractivity contribution in [2.45, 2.75) is 24.3 Å². The number of rotatable bonds is 10. The number of nitrogens with one attached hydrogen (secondary N) is 2. The van der Waals surface area contributed by atoms with Crippen LogP contribution in [-0.4, -0.2) is 41.7 Å². The van der Waals surface area contributed by atoms with Gasteiger partial charge in [0.1, 0.15) is 16.7 Å². The quantitative estimate of drug-likeness (QED) is 0.456. The number of hydrogen-bond acceptors (Lipinski definition) is 6. The number of carbonyl (C=O) groups is 1. The number of aryl methyl sites for hydroxylation is 1. The van der Waals surface area contributed by atoms with Crippen LogP contribution in [0.1, 0.15) is 11.1 Å². The van der Waals surface area contributed by atoms with Crippen LogP contribution in [0.5, 0.6) is 17.2 Å². The molecule has 3 rings (SSSR count). The number of hydrogen-bond donors (Lipinski definition) is 2. The summed E-state index contributed by atoms with van der Waals surface area (Å²) >= 11 is 0. The molecule has 0 aliphatic carbocycles. The van der Waals surface area contributed by atoms with Crippen molar-refractivity contribution in [3.05, 3.63) is 77.9 Å². The van der Waals surface area contributed by atoms with Gasteiger partial charge in [-0.1, -0.05) is 36.4 Å². The number of ether oxygens (including phenoxy) is 3. The smallest absolute Gasteiger partial charge is 0.245 e. The van der Waals surface area contributed by atoms with Gasteiger partial charge in [0.2, 0.25) is 15.9 Å². The highest BCUT2D eigenvalue weighted by Crippen LogP contribution is 2.30. The van der Waals surface area contributed by atoms with Crippen molar-refractivity contribution in [3.8, 4) is 17.2 Å². The lowest BCUT2D eigenvalue weighted by molar-refractivity contribution is -0.117. The van der Waals surface area contributed by atoms with Crippen molar-refractivity contribution in [2.75, 3.05) is 26.6 Å². The maximum absolute atomic E-state index is 13.3. The third-order valence-corrected chi connectivity index (χ3v) is 6.65. The van der Waals surface area contributed by atoms with E-state index in [0.29, 0.717) is 17.2 Å². The van der Waals surface area contributed by atoms with E-state index in [-0.39, 0.29) is 17.1 Å². The van der Waals surface area contributed by atoms with Crippen LogP contribution in [0, 0.1) is 6.92 Å². The first-order valence-electron chi connectivity index (χ1n) is 10.5. The summed E-state index contributed by atoms with van der Waals surface area (Å²) in [5, 5.41) is 2.77. The normalized spacial score (nSPS) is 12.0. The lowest BCUT2D eigenvalue weighted by Crippen LogP contribution is -2.45. The molecule has 9 heteroatoms. The fourth-order valence-electron chi connectivity index (χ4n) is 3.43. The molecular formula is C25H28N2O6S. The number of benzene rings is 3. The first-order valence-corrected chi connectivity index (χ1v) is 12.0. The molecule has 8 nitrogen and oxygen atoms in total. The van der Waals surface area contributed by atoms with E-state index in [2.05, 4.69) is 10.0 Å². The molecule has 0 radical (unpaired) electrons. The molecule has 0 spiro atoms. The molecule has 3 aromatic rings. The SMILES string of the molecule is COc1ccc(NC(=O)C(Cc2ccccc2)NS(=O)(=O)c2cc(C)ccc2OC)cc1OC. The lowest BCUT2D eigenvalue weighted by Gasteiger charge is -2.20. The van der Waals surface area contributed by atoms with E-state index in [1.54, 1.807) is 37.3 Å². The van der Waals surface area contributed by atoms with Crippen molar-refractivity contribution in [3.63, 3.8) is 0 Å². The molecule has 0 fully saturated rings. The Labute approximate surface area is 199 Å². The Hall–Kier alpha value is -3.56. The zero-order valence-electron chi connectivity index (χ0n) is 19.5. The van der Waals surface area contributed by atoms with Gasteiger partial charge in [-0.15, -0.1) is 0 Å². The fourth-order valence-corrected chi connectivity index (χ4v) is 4.87. The number of anilines is 1. The van der Waals surface area contributed by atoms with Gasteiger partial charge in [-0.2, -0.15) is 4.72 Å². The van der Waals surface area contributed by atoms with Crippen molar-refractivity contribution < 1.29 is 27.4 Å². The highest BCUT2D eigenvalue weighted by molar-refractivity contribution is 7.89. The predicted octanol–water partition coefficient (Wildman–Crippen LogP) is 3.55. The van der Waals surface area contributed by atoms with Gasteiger partial charge in [0, 0.05) is 11.8 Å². The molecule has 0 aliphatic rings. The van der Waals surface area contributed by atoms with Crippen LogP contribution in [0.2, 0.25) is 0 Å². The monoisotopic (exact) mass is 484 g/mol. The van der Waals surface area contributed by atoms with Crippen LogP contribution in [0.15, 0.2) is 71.6 Å². The average Bonchev–Trinajstić information content (AvgIpc) is 2.84. The van der Waals surface area contributed by atoms with Gasteiger partial charge in [0.25, 0.3) is 0 Å². The lowest BCUT2D eigenvalue weighted by atomic mass is 10.1. The van der Waals surface area contributed by atoms with Gasteiger partial charge in [-0.05, 0) is 48.7 Å². The third kappa shape index (κ3) is 6.06. The molecule has 34 heavy (non-hydrogen) atoms. The second-order valence-electron chi connectivity index (χ2n) is 7.58. The van der Waals surface area contributed by atoms with E-state index in [1.165, 1.54) is 27.4 Å². The number of sulfonamides is 1. The van der Waals surface area contributed by atoms with Gasteiger partial charge >= 0.3 is 0 Å². The summed E-state index contributed by atoms with van der Waals surface area (Å²) < 4.78 is 44.9.